The van der Waals surface area contributed by atoms with Gasteiger partial charge in [0.1, 0.15) is 6.04 Å². The molecule has 0 radical (unpaired) electrons. The molecule has 0 saturated carbocycles. The Balaban J connectivity index is 1.60. The highest BCUT2D eigenvalue weighted by atomic mass is 16.4. The first-order valence-corrected chi connectivity index (χ1v) is 8.47. The molecular formula is C18H22N2O4. The number of carboxylic acid groups (broad SMARTS) is 1. The molecule has 3 rings (SSSR count). The van der Waals surface area contributed by atoms with E-state index in [2.05, 4.69) is 5.32 Å². The highest BCUT2D eigenvalue weighted by Gasteiger charge is 2.33. The molecule has 6 heteroatoms. The van der Waals surface area contributed by atoms with Crippen molar-refractivity contribution in [3.8, 4) is 0 Å². The molecule has 2 N–H and O–H groups in total. The molecule has 2 unspecified atom stereocenters. The molecule has 0 bridgehead atoms. The number of carbonyl (C=O) groups excluding carboxylic acids is 2. The third-order valence-electron chi connectivity index (χ3n) is 4.93. The van der Waals surface area contributed by atoms with E-state index in [1.807, 2.05) is 24.3 Å². The molecule has 2 aliphatic rings. The van der Waals surface area contributed by atoms with Crippen molar-refractivity contribution in [2.45, 2.75) is 44.6 Å². The van der Waals surface area contributed by atoms with Gasteiger partial charge in [-0.3, -0.25) is 9.59 Å². The Morgan fingerprint density at radius 3 is 2.83 bits per heavy atom. The Bertz CT molecular complexity index is 658. The van der Waals surface area contributed by atoms with Crippen LogP contribution in [0.15, 0.2) is 24.3 Å². The highest BCUT2D eigenvalue weighted by molar-refractivity contribution is 5.96. The van der Waals surface area contributed by atoms with E-state index in [9.17, 15) is 19.5 Å². The number of likely N-dealkylation sites (tertiary alicyclic amines) is 1. The largest absolute Gasteiger partial charge is 0.480 e. The lowest BCUT2D eigenvalue weighted by molar-refractivity contribution is -0.152. The SMILES string of the molecule is O=C1Nc2ccccc2CC1CCC(=O)N1CCCCC1C(=O)O. The van der Waals surface area contributed by atoms with Crippen molar-refractivity contribution in [3.63, 3.8) is 0 Å². The number of nitrogens with zero attached hydrogens (tertiary/aromatic N) is 1. The number of piperidine rings is 1. The average Bonchev–Trinajstić information content (AvgIpc) is 2.59. The summed E-state index contributed by atoms with van der Waals surface area (Å²) in [6.07, 6.45) is 3.47. The molecule has 0 aliphatic carbocycles. The van der Waals surface area contributed by atoms with Crippen LogP contribution in [0.4, 0.5) is 5.69 Å². The van der Waals surface area contributed by atoms with Crippen LogP contribution in [0.25, 0.3) is 0 Å². The molecule has 1 aromatic carbocycles. The molecule has 0 spiro atoms. The van der Waals surface area contributed by atoms with Crippen LogP contribution in [-0.2, 0) is 20.8 Å². The van der Waals surface area contributed by atoms with E-state index in [4.69, 9.17) is 0 Å². The van der Waals surface area contributed by atoms with Crippen LogP contribution in [-0.4, -0.2) is 40.4 Å². The van der Waals surface area contributed by atoms with Crippen molar-refractivity contribution >= 4 is 23.5 Å². The zero-order valence-electron chi connectivity index (χ0n) is 13.5. The second-order valence-corrected chi connectivity index (χ2v) is 6.52. The fraction of sp³-hybridized carbons (Fsp3) is 0.500. The molecule has 6 nitrogen and oxygen atoms in total. The lowest BCUT2D eigenvalue weighted by Gasteiger charge is -2.33. The van der Waals surface area contributed by atoms with Crippen LogP contribution in [0.5, 0.6) is 0 Å². The van der Waals surface area contributed by atoms with Gasteiger partial charge in [0, 0.05) is 24.6 Å². The van der Waals surface area contributed by atoms with Crippen LogP contribution >= 0.6 is 0 Å². The van der Waals surface area contributed by atoms with E-state index in [1.54, 1.807) is 0 Å². The molecule has 2 heterocycles. The maximum Gasteiger partial charge on any atom is 0.326 e. The van der Waals surface area contributed by atoms with Crippen molar-refractivity contribution in [1.82, 2.24) is 4.90 Å². The van der Waals surface area contributed by atoms with Gasteiger partial charge in [-0.1, -0.05) is 18.2 Å². The van der Waals surface area contributed by atoms with Gasteiger partial charge >= 0.3 is 5.97 Å². The molecule has 1 fully saturated rings. The minimum Gasteiger partial charge on any atom is -0.480 e. The zero-order valence-corrected chi connectivity index (χ0v) is 13.5. The van der Waals surface area contributed by atoms with Crippen LogP contribution in [0.2, 0.25) is 0 Å². The summed E-state index contributed by atoms with van der Waals surface area (Å²) in [5, 5.41) is 12.2. The predicted octanol–water partition coefficient (Wildman–Crippen LogP) is 2.04. The maximum absolute atomic E-state index is 12.4. The summed E-state index contributed by atoms with van der Waals surface area (Å²) in [6, 6.07) is 6.95. The van der Waals surface area contributed by atoms with E-state index in [0.717, 1.165) is 24.1 Å². The number of benzene rings is 1. The molecule has 2 amide bonds. The summed E-state index contributed by atoms with van der Waals surface area (Å²) in [6.45, 7) is 0.496. The van der Waals surface area contributed by atoms with Crippen LogP contribution in [0.3, 0.4) is 0 Å². The molecule has 1 saturated heterocycles. The topological polar surface area (TPSA) is 86.7 Å². The number of rotatable bonds is 4. The Hall–Kier alpha value is -2.37. The summed E-state index contributed by atoms with van der Waals surface area (Å²) in [4.78, 5) is 37.4. The number of amides is 2. The van der Waals surface area contributed by atoms with Gasteiger partial charge in [-0.15, -0.1) is 0 Å². The van der Waals surface area contributed by atoms with Crippen molar-refractivity contribution in [1.29, 1.82) is 0 Å². The van der Waals surface area contributed by atoms with Crippen molar-refractivity contribution in [3.05, 3.63) is 29.8 Å². The molecule has 0 aromatic heterocycles. The Morgan fingerprint density at radius 1 is 1.25 bits per heavy atom. The van der Waals surface area contributed by atoms with Gasteiger partial charge in [-0.2, -0.15) is 0 Å². The molecular weight excluding hydrogens is 308 g/mol. The van der Waals surface area contributed by atoms with E-state index < -0.39 is 12.0 Å². The number of nitrogens with one attached hydrogen (secondary N) is 1. The lowest BCUT2D eigenvalue weighted by Crippen LogP contribution is -2.48. The van der Waals surface area contributed by atoms with Gasteiger partial charge in [-0.25, -0.2) is 4.79 Å². The van der Waals surface area contributed by atoms with Gasteiger partial charge in [0.2, 0.25) is 11.8 Å². The molecule has 2 atom stereocenters. The first kappa shape index (κ1) is 16.5. The Morgan fingerprint density at radius 2 is 2.04 bits per heavy atom. The van der Waals surface area contributed by atoms with E-state index in [0.29, 0.717) is 25.8 Å². The van der Waals surface area contributed by atoms with Crippen molar-refractivity contribution in [2.75, 3.05) is 11.9 Å². The third kappa shape index (κ3) is 3.42. The minimum absolute atomic E-state index is 0.0603. The number of anilines is 1. The smallest absolute Gasteiger partial charge is 0.326 e. The molecule has 2 aliphatic heterocycles. The summed E-state index contributed by atoms with van der Waals surface area (Å²) >= 11 is 0. The molecule has 1 aromatic rings. The monoisotopic (exact) mass is 330 g/mol. The van der Waals surface area contributed by atoms with E-state index in [1.165, 1.54) is 4.90 Å². The third-order valence-corrected chi connectivity index (χ3v) is 4.93. The van der Waals surface area contributed by atoms with Gasteiger partial charge in [0.15, 0.2) is 0 Å². The van der Waals surface area contributed by atoms with E-state index in [-0.39, 0.29) is 24.2 Å². The second kappa shape index (κ2) is 7.03. The van der Waals surface area contributed by atoms with E-state index >= 15 is 0 Å². The second-order valence-electron chi connectivity index (χ2n) is 6.52. The summed E-state index contributed by atoms with van der Waals surface area (Å²) in [5.74, 6) is -1.40. The fourth-order valence-corrected chi connectivity index (χ4v) is 3.57. The van der Waals surface area contributed by atoms with Crippen molar-refractivity contribution in [2.24, 2.45) is 5.92 Å². The van der Waals surface area contributed by atoms with Crippen molar-refractivity contribution < 1.29 is 19.5 Å². The minimum atomic E-state index is -0.938. The van der Waals surface area contributed by atoms with Gasteiger partial charge in [0.05, 0.1) is 0 Å². The summed E-state index contributed by atoms with van der Waals surface area (Å²) in [5.41, 5.74) is 1.92. The van der Waals surface area contributed by atoms with Gasteiger partial charge in [-0.05, 0) is 43.7 Å². The number of carbonyl (C=O) groups is 3. The zero-order chi connectivity index (χ0) is 17.1. The number of fused-ring (bicyclic) bond motifs is 1. The highest BCUT2D eigenvalue weighted by Crippen LogP contribution is 2.28. The lowest BCUT2D eigenvalue weighted by atomic mass is 9.89. The fourth-order valence-electron chi connectivity index (χ4n) is 3.57. The first-order chi connectivity index (χ1) is 11.6. The summed E-state index contributed by atoms with van der Waals surface area (Å²) in [7, 11) is 0. The van der Waals surface area contributed by atoms with Gasteiger partial charge < -0.3 is 15.3 Å². The van der Waals surface area contributed by atoms with Crippen LogP contribution in [0.1, 0.15) is 37.7 Å². The molecule has 24 heavy (non-hydrogen) atoms. The number of hydrogen-bond acceptors (Lipinski definition) is 3. The Kier molecular flexibility index (Phi) is 4.83. The number of aliphatic carboxylic acids is 1. The average molecular weight is 330 g/mol. The number of para-hydroxylation sites is 1. The Labute approximate surface area is 140 Å². The normalized spacial score (nSPS) is 23.3. The standard InChI is InChI=1S/C18H22N2O4/c21-16(20-10-4-3-7-15(20)18(23)24)9-8-13-11-12-5-1-2-6-14(12)19-17(13)22/h1-2,5-6,13,15H,3-4,7-11H2,(H,19,22)(H,23,24). The van der Waals surface area contributed by atoms with Crippen LogP contribution in [0, 0.1) is 5.92 Å². The summed E-state index contributed by atoms with van der Waals surface area (Å²) < 4.78 is 0. The quantitative estimate of drug-likeness (QED) is 0.884. The molecule has 128 valence electrons. The number of carboxylic acids is 1. The predicted molar refractivity (Wildman–Crippen MR) is 88.5 cm³/mol. The first-order valence-electron chi connectivity index (χ1n) is 8.47. The maximum atomic E-state index is 12.4. The van der Waals surface area contributed by atoms with Crippen LogP contribution < -0.4 is 5.32 Å². The van der Waals surface area contributed by atoms with Gasteiger partial charge in [0.25, 0.3) is 0 Å². The number of hydrogen-bond donors (Lipinski definition) is 2.